The van der Waals surface area contributed by atoms with Crippen LogP contribution in [0.3, 0.4) is 0 Å². The molecule has 1 atom stereocenters. The summed E-state index contributed by atoms with van der Waals surface area (Å²) in [6.07, 6.45) is 4.74. The van der Waals surface area contributed by atoms with Crippen LogP contribution in [0.1, 0.15) is 10.4 Å². The molecule has 3 heterocycles. The van der Waals surface area contributed by atoms with Crippen LogP contribution in [0, 0.1) is 0 Å². The van der Waals surface area contributed by atoms with Crippen molar-refractivity contribution in [2.24, 2.45) is 0 Å². The van der Waals surface area contributed by atoms with Gasteiger partial charge < -0.3 is 5.32 Å². The molecule has 0 aliphatic carbocycles. The molecule has 1 aliphatic rings. The summed E-state index contributed by atoms with van der Waals surface area (Å²) >= 11 is 8.24. The van der Waals surface area contributed by atoms with E-state index in [2.05, 4.69) is 20.3 Å². The highest BCUT2D eigenvalue weighted by Gasteiger charge is 2.38. The number of rotatable bonds is 3. The number of amides is 1. The molecule has 6 nitrogen and oxygen atoms in total. The minimum absolute atomic E-state index is 0.292. The average Bonchev–Trinajstić information content (AvgIpc) is 2.86. The van der Waals surface area contributed by atoms with Gasteiger partial charge >= 0.3 is 0 Å². The molecular formula is C13H9ClN4O2S2. The minimum atomic E-state index is -0.876. The number of fused-ring (bicyclic) bond motifs is 1. The molecule has 2 aromatic rings. The van der Waals surface area contributed by atoms with Crippen LogP contribution in [0.15, 0.2) is 34.7 Å². The predicted molar refractivity (Wildman–Crippen MR) is 85.7 cm³/mol. The Hall–Kier alpha value is -1.64. The van der Waals surface area contributed by atoms with E-state index < -0.39 is 11.2 Å². The summed E-state index contributed by atoms with van der Waals surface area (Å²) in [4.78, 5) is 36.8. The standard InChI is InChI=1S/C13H9ClN4O2S2/c1-21-13-16-5-7-9(19)10(22-12(7)18-13)11(20)17-8-3-2-6(14)4-15-8/h2-5,10H,1H3,(H,15,17,20)/t10-/m1/s1. The largest absolute Gasteiger partial charge is 0.309 e. The summed E-state index contributed by atoms with van der Waals surface area (Å²) in [5.41, 5.74) is 0.381. The molecule has 0 spiro atoms. The Bertz CT molecular complexity index is 754. The summed E-state index contributed by atoms with van der Waals surface area (Å²) in [5.74, 6) is -0.387. The lowest BCUT2D eigenvalue weighted by Gasteiger charge is -2.07. The predicted octanol–water partition coefficient (Wildman–Crippen LogP) is 2.54. The van der Waals surface area contributed by atoms with Gasteiger partial charge in [-0.2, -0.15) is 0 Å². The van der Waals surface area contributed by atoms with Crippen molar-refractivity contribution in [3.63, 3.8) is 0 Å². The third kappa shape index (κ3) is 2.94. The lowest BCUT2D eigenvalue weighted by atomic mass is 10.1. The highest BCUT2D eigenvalue weighted by Crippen LogP contribution is 2.36. The molecule has 22 heavy (non-hydrogen) atoms. The van der Waals surface area contributed by atoms with Gasteiger partial charge in [-0.05, 0) is 18.4 Å². The first-order valence-corrected chi connectivity index (χ1v) is 8.61. The summed E-state index contributed by atoms with van der Waals surface area (Å²) in [7, 11) is 0. The molecule has 0 fully saturated rings. The van der Waals surface area contributed by atoms with Crippen molar-refractivity contribution in [2.45, 2.75) is 15.4 Å². The molecule has 0 aromatic carbocycles. The number of aromatic nitrogens is 3. The first-order chi connectivity index (χ1) is 10.6. The summed E-state index contributed by atoms with van der Waals surface area (Å²) in [5, 5.41) is 3.30. The van der Waals surface area contributed by atoms with Crippen LogP contribution in [0.5, 0.6) is 0 Å². The Labute approximate surface area is 139 Å². The molecule has 0 radical (unpaired) electrons. The third-order valence-electron chi connectivity index (χ3n) is 2.86. The Morgan fingerprint density at radius 2 is 2.18 bits per heavy atom. The van der Waals surface area contributed by atoms with Crippen molar-refractivity contribution < 1.29 is 9.59 Å². The monoisotopic (exact) mass is 352 g/mol. The van der Waals surface area contributed by atoms with E-state index in [0.717, 1.165) is 11.8 Å². The maximum absolute atomic E-state index is 12.3. The fourth-order valence-electron chi connectivity index (χ4n) is 1.83. The average molecular weight is 353 g/mol. The molecule has 112 valence electrons. The molecule has 2 aromatic heterocycles. The number of carbonyl (C=O) groups is 2. The van der Waals surface area contributed by atoms with Gasteiger partial charge in [-0.25, -0.2) is 15.0 Å². The van der Waals surface area contributed by atoms with Gasteiger partial charge in [0.15, 0.2) is 16.2 Å². The fraction of sp³-hybridized carbons (Fsp3) is 0.154. The zero-order chi connectivity index (χ0) is 15.7. The number of ketones is 1. The summed E-state index contributed by atoms with van der Waals surface area (Å²) in [6, 6.07) is 3.18. The number of halogens is 1. The van der Waals surface area contributed by atoms with Gasteiger partial charge in [0.1, 0.15) is 10.8 Å². The summed E-state index contributed by atoms with van der Waals surface area (Å²) < 4.78 is 0. The number of nitrogens with one attached hydrogen (secondary N) is 1. The number of carbonyl (C=O) groups excluding carboxylic acids is 2. The van der Waals surface area contributed by atoms with Crippen molar-refractivity contribution >= 4 is 52.6 Å². The van der Waals surface area contributed by atoms with E-state index >= 15 is 0 Å². The highest BCUT2D eigenvalue weighted by atomic mass is 35.5. The maximum atomic E-state index is 12.3. The normalized spacial score (nSPS) is 16.5. The van der Waals surface area contributed by atoms with E-state index in [9.17, 15) is 9.59 Å². The molecule has 0 saturated heterocycles. The van der Waals surface area contributed by atoms with Crippen molar-refractivity contribution in [3.8, 4) is 0 Å². The van der Waals surface area contributed by atoms with Crippen LogP contribution in [0.2, 0.25) is 5.02 Å². The zero-order valence-corrected chi connectivity index (χ0v) is 13.6. The van der Waals surface area contributed by atoms with Crippen LogP contribution in [-0.4, -0.2) is 38.1 Å². The van der Waals surface area contributed by atoms with E-state index in [4.69, 9.17) is 11.6 Å². The fourth-order valence-corrected chi connectivity index (χ4v) is 3.38. The minimum Gasteiger partial charge on any atom is -0.309 e. The van der Waals surface area contributed by atoms with Crippen molar-refractivity contribution in [1.82, 2.24) is 15.0 Å². The number of thioether (sulfide) groups is 2. The van der Waals surface area contributed by atoms with Gasteiger partial charge in [-0.1, -0.05) is 35.1 Å². The first kappa shape index (κ1) is 15.3. The lowest BCUT2D eigenvalue weighted by Crippen LogP contribution is -2.29. The molecule has 0 saturated carbocycles. The number of pyridine rings is 1. The third-order valence-corrected chi connectivity index (χ3v) is 4.85. The number of anilines is 1. The Morgan fingerprint density at radius 1 is 1.36 bits per heavy atom. The maximum Gasteiger partial charge on any atom is 0.247 e. The van der Waals surface area contributed by atoms with E-state index in [0.29, 0.717) is 26.6 Å². The second kappa shape index (κ2) is 6.23. The quantitative estimate of drug-likeness (QED) is 0.393. The first-order valence-electron chi connectivity index (χ1n) is 6.13. The molecule has 3 rings (SSSR count). The van der Waals surface area contributed by atoms with Gasteiger partial charge in [0.05, 0.1) is 10.6 Å². The van der Waals surface area contributed by atoms with Gasteiger partial charge in [0.25, 0.3) is 0 Å². The van der Waals surface area contributed by atoms with Crippen LogP contribution in [-0.2, 0) is 4.79 Å². The topological polar surface area (TPSA) is 84.8 Å². The molecule has 1 N–H and O–H groups in total. The molecule has 1 amide bonds. The SMILES string of the molecule is CSc1ncc2c(n1)S[C@@H](C(=O)Nc1ccc(Cl)cn1)C2=O. The van der Waals surface area contributed by atoms with Crippen LogP contribution < -0.4 is 5.32 Å². The molecule has 0 bridgehead atoms. The van der Waals surface area contributed by atoms with Crippen molar-refractivity contribution in [3.05, 3.63) is 35.1 Å². The number of hydrogen-bond acceptors (Lipinski definition) is 7. The van der Waals surface area contributed by atoms with Crippen LogP contribution in [0.25, 0.3) is 0 Å². The number of Topliss-reactive ketones (excluding diaryl/α,β-unsaturated/α-hetero) is 1. The second-order valence-corrected chi connectivity index (χ2v) is 6.59. The molecule has 9 heteroatoms. The summed E-state index contributed by atoms with van der Waals surface area (Å²) in [6.45, 7) is 0. The zero-order valence-electron chi connectivity index (χ0n) is 11.2. The molecule has 0 unspecified atom stereocenters. The number of hydrogen-bond donors (Lipinski definition) is 1. The Morgan fingerprint density at radius 3 is 2.86 bits per heavy atom. The molecule has 1 aliphatic heterocycles. The van der Waals surface area contributed by atoms with Crippen LogP contribution >= 0.6 is 35.1 Å². The van der Waals surface area contributed by atoms with Crippen LogP contribution in [0.4, 0.5) is 5.82 Å². The van der Waals surface area contributed by atoms with Gasteiger partial charge in [-0.15, -0.1) is 0 Å². The molecular weight excluding hydrogens is 344 g/mol. The van der Waals surface area contributed by atoms with E-state index in [1.165, 1.54) is 24.2 Å². The second-order valence-electron chi connectivity index (χ2n) is 4.29. The van der Waals surface area contributed by atoms with Gasteiger partial charge in [0, 0.05) is 12.4 Å². The Balaban J connectivity index is 1.77. The van der Waals surface area contributed by atoms with Gasteiger partial charge in [-0.3, -0.25) is 9.59 Å². The van der Waals surface area contributed by atoms with Crippen molar-refractivity contribution in [2.75, 3.05) is 11.6 Å². The van der Waals surface area contributed by atoms with E-state index in [1.54, 1.807) is 12.1 Å². The smallest absolute Gasteiger partial charge is 0.247 e. The number of nitrogens with zero attached hydrogens (tertiary/aromatic N) is 3. The highest BCUT2D eigenvalue weighted by molar-refractivity contribution is 8.02. The Kier molecular flexibility index (Phi) is 4.32. The van der Waals surface area contributed by atoms with E-state index in [-0.39, 0.29) is 5.78 Å². The lowest BCUT2D eigenvalue weighted by molar-refractivity contribution is -0.115. The van der Waals surface area contributed by atoms with E-state index in [1.807, 2.05) is 6.26 Å². The van der Waals surface area contributed by atoms with Gasteiger partial charge in [0.2, 0.25) is 5.91 Å². The van der Waals surface area contributed by atoms with Crippen molar-refractivity contribution in [1.29, 1.82) is 0 Å².